The van der Waals surface area contributed by atoms with Crippen molar-refractivity contribution in [1.82, 2.24) is 5.32 Å². The van der Waals surface area contributed by atoms with E-state index in [0.717, 1.165) is 25.4 Å². The number of ether oxygens (including phenoxy) is 1. The second-order valence-corrected chi connectivity index (χ2v) is 7.13. The van der Waals surface area contributed by atoms with Gasteiger partial charge in [-0.25, -0.2) is 0 Å². The van der Waals surface area contributed by atoms with Gasteiger partial charge >= 0.3 is 0 Å². The fraction of sp³-hybridized carbons (Fsp3) is 0.647. The van der Waals surface area contributed by atoms with Crippen LogP contribution in [-0.2, 0) is 11.3 Å². The first kappa shape index (κ1) is 15.9. The lowest BCUT2D eigenvalue weighted by atomic mass is 10.1. The topological polar surface area (TPSA) is 21.3 Å². The van der Waals surface area contributed by atoms with E-state index in [9.17, 15) is 0 Å². The van der Waals surface area contributed by atoms with E-state index in [0.29, 0.717) is 12.0 Å². The third-order valence-corrected chi connectivity index (χ3v) is 4.88. The molecular weight excluding hydrogens is 266 g/mol. The molecule has 2 nitrogen and oxygen atoms in total. The maximum atomic E-state index is 5.68. The first-order valence-corrected chi connectivity index (χ1v) is 8.68. The minimum Gasteiger partial charge on any atom is -0.377 e. The Morgan fingerprint density at radius 2 is 2.25 bits per heavy atom. The zero-order chi connectivity index (χ0) is 14.4. The van der Waals surface area contributed by atoms with Crippen molar-refractivity contribution in [2.75, 3.05) is 18.9 Å². The largest absolute Gasteiger partial charge is 0.377 e. The summed E-state index contributed by atoms with van der Waals surface area (Å²) >= 11 is 1.94. The molecule has 0 spiro atoms. The number of hydrogen-bond acceptors (Lipinski definition) is 3. The summed E-state index contributed by atoms with van der Waals surface area (Å²) in [7, 11) is 0. The predicted octanol–water partition coefficient (Wildman–Crippen LogP) is 4.01. The van der Waals surface area contributed by atoms with Gasteiger partial charge in [-0.15, -0.1) is 11.8 Å². The highest BCUT2D eigenvalue weighted by atomic mass is 32.2. The van der Waals surface area contributed by atoms with Crippen molar-refractivity contribution in [2.45, 2.75) is 51.2 Å². The standard InChI is InChI=1S/C17H27NOS/c1-13(2)10-18-11-15-6-7-17(14(3)9-15)20-12-16-5-4-8-19-16/h6-7,9,13,16,18H,4-5,8,10-12H2,1-3H3. The summed E-state index contributed by atoms with van der Waals surface area (Å²) in [6.45, 7) is 9.69. The molecule has 0 saturated carbocycles. The highest BCUT2D eigenvalue weighted by Crippen LogP contribution is 2.27. The van der Waals surface area contributed by atoms with Crippen molar-refractivity contribution >= 4 is 11.8 Å². The molecule has 1 aromatic carbocycles. The molecule has 0 bridgehead atoms. The average Bonchev–Trinajstić information content (AvgIpc) is 2.90. The molecule has 0 radical (unpaired) electrons. The predicted molar refractivity (Wildman–Crippen MR) is 87.4 cm³/mol. The van der Waals surface area contributed by atoms with Gasteiger partial charge in [0.05, 0.1) is 6.10 Å². The molecular formula is C17H27NOS. The second kappa shape index (κ2) is 8.06. The molecule has 1 unspecified atom stereocenters. The van der Waals surface area contributed by atoms with Gasteiger partial charge in [-0.1, -0.05) is 26.0 Å². The van der Waals surface area contributed by atoms with E-state index in [-0.39, 0.29) is 0 Å². The van der Waals surface area contributed by atoms with Gasteiger partial charge in [0.25, 0.3) is 0 Å². The number of aryl methyl sites for hydroxylation is 1. The van der Waals surface area contributed by atoms with Gasteiger partial charge in [0.15, 0.2) is 0 Å². The molecule has 1 N–H and O–H groups in total. The molecule has 2 rings (SSSR count). The highest BCUT2D eigenvalue weighted by Gasteiger charge is 2.15. The number of benzene rings is 1. The van der Waals surface area contributed by atoms with Gasteiger partial charge in [0, 0.05) is 23.8 Å². The van der Waals surface area contributed by atoms with Crippen molar-refractivity contribution in [3.8, 4) is 0 Å². The Balaban J connectivity index is 1.81. The van der Waals surface area contributed by atoms with E-state index in [1.165, 1.54) is 28.9 Å². The number of hydrogen-bond donors (Lipinski definition) is 1. The molecule has 3 heteroatoms. The molecule has 20 heavy (non-hydrogen) atoms. The minimum atomic E-state index is 0.465. The summed E-state index contributed by atoms with van der Waals surface area (Å²) < 4.78 is 5.68. The van der Waals surface area contributed by atoms with E-state index in [2.05, 4.69) is 44.3 Å². The average molecular weight is 293 g/mol. The molecule has 0 aromatic heterocycles. The van der Waals surface area contributed by atoms with E-state index in [4.69, 9.17) is 4.74 Å². The zero-order valence-electron chi connectivity index (χ0n) is 12.9. The molecule has 1 aliphatic rings. The Hall–Kier alpha value is -0.510. The fourth-order valence-electron chi connectivity index (χ4n) is 2.45. The van der Waals surface area contributed by atoms with E-state index < -0.39 is 0 Å². The Bertz CT molecular complexity index is 413. The van der Waals surface area contributed by atoms with Gasteiger partial charge in [-0.05, 0) is 49.4 Å². The van der Waals surface area contributed by atoms with Crippen LogP contribution in [-0.4, -0.2) is 25.0 Å². The quantitative estimate of drug-likeness (QED) is 0.767. The van der Waals surface area contributed by atoms with E-state index in [1.54, 1.807) is 0 Å². The fourth-order valence-corrected chi connectivity index (χ4v) is 3.53. The SMILES string of the molecule is Cc1cc(CNCC(C)C)ccc1SCC1CCCO1. The molecule has 1 atom stereocenters. The van der Waals surface area contributed by atoms with Crippen LogP contribution in [0.3, 0.4) is 0 Å². The van der Waals surface area contributed by atoms with Gasteiger partial charge < -0.3 is 10.1 Å². The third-order valence-electron chi connectivity index (χ3n) is 3.57. The van der Waals surface area contributed by atoms with Gasteiger partial charge in [0.2, 0.25) is 0 Å². The Morgan fingerprint density at radius 1 is 1.40 bits per heavy atom. The van der Waals surface area contributed by atoms with Crippen molar-refractivity contribution in [2.24, 2.45) is 5.92 Å². The van der Waals surface area contributed by atoms with Crippen LogP contribution in [0.1, 0.15) is 37.8 Å². The number of thioether (sulfide) groups is 1. The van der Waals surface area contributed by atoms with E-state index >= 15 is 0 Å². The maximum absolute atomic E-state index is 5.68. The van der Waals surface area contributed by atoms with Gasteiger partial charge in [0.1, 0.15) is 0 Å². The highest BCUT2D eigenvalue weighted by molar-refractivity contribution is 7.99. The lowest BCUT2D eigenvalue weighted by Crippen LogP contribution is -2.18. The van der Waals surface area contributed by atoms with Crippen molar-refractivity contribution in [3.05, 3.63) is 29.3 Å². The zero-order valence-corrected chi connectivity index (χ0v) is 13.8. The van der Waals surface area contributed by atoms with Crippen LogP contribution < -0.4 is 5.32 Å². The normalized spacial score (nSPS) is 18.9. The van der Waals surface area contributed by atoms with Crippen LogP contribution in [0.15, 0.2) is 23.1 Å². The van der Waals surface area contributed by atoms with Crippen molar-refractivity contribution in [1.29, 1.82) is 0 Å². The van der Waals surface area contributed by atoms with Crippen LogP contribution in [0.2, 0.25) is 0 Å². The lowest BCUT2D eigenvalue weighted by molar-refractivity contribution is 0.129. The molecule has 0 aliphatic carbocycles. The Labute approximate surface area is 127 Å². The summed E-state index contributed by atoms with van der Waals surface area (Å²) in [6.07, 6.45) is 2.92. The van der Waals surface area contributed by atoms with Crippen molar-refractivity contribution in [3.63, 3.8) is 0 Å². The first-order valence-electron chi connectivity index (χ1n) is 7.70. The molecule has 1 aromatic rings. The van der Waals surface area contributed by atoms with Crippen LogP contribution in [0.5, 0.6) is 0 Å². The molecule has 112 valence electrons. The summed E-state index contributed by atoms with van der Waals surface area (Å²) in [5.41, 5.74) is 2.77. The summed E-state index contributed by atoms with van der Waals surface area (Å²) in [5, 5.41) is 3.50. The van der Waals surface area contributed by atoms with Crippen LogP contribution >= 0.6 is 11.8 Å². The number of rotatable bonds is 7. The van der Waals surface area contributed by atoms with Gasteiger partial charge in [-0.2, -0.15) is 0 Å². The first-order chi connectivity index (χ1) is 9.65. The van der Waals surface area contributed by atoms with E-state index in [1.807, 2.05) is 11.8 Å². The molecule has 0 amide bonds. The molecule has 1 fully saturated rings. The van der Waals surface area contributed by atoms with Crippen LogP contribution in [0, 0.1) is 12.8 Å². The molecule has 1 heterocycles. The van der Waals surface area contributed by atoms with Crippen molar-refractivity contribution < 1.29 is 4.74 Å². The lowest BCUT2D eigenvalue weighted by Gasteiger charge is -2.12. The van der Waals surface area contributed by atoms with Crippen LogP contribution in [0.4, 0.5) is 0 Å². The van der Waals surface area contributed by atoms with Gasteiger partial charge in [-0.3, -0.25) is 0 Å². The number of nitrogens with one attached hydrogen (secondary N) is 1. The Kier molecular flexibility index (Phi) is 6.40. The second-order valence-electron chi connectivity index (χ2n) is 6.07. The molecule has 1 saturated heterocycles. The third kappa shape index (κ3) is 5.12. The van der Waals surface area contributed by atoms with Crippen LogP contribution in [0.25, 0.3) is 0 Å². The maximum Gasteiger partial charge on any atom is 0.0669 e. The molecule has 1 aliphatic heterocycles. The minimum absolute atomic E-state index is 0.465. The summed E-state index contributed by atoms with van der Waals surface area (Å²) in [6, 6.07) is 6.82. The smallest absolute Gasteiger partial charge is 0.0669 e. The summed E-state index contributed by atoms with van der Waals surface area (Å²) in [5.74, 6) is 1.79. The summed E-state index contributed by atoms with van der Waals surface area (Å²) in [4.78, 5) is 1.40. The monoisotopic (exact) mass is 293 g/mol. The Morgan fingerprint density at radius 3 is 2.90 bits per heavy atom.